The maximum Gasteiger partial charge on any atom is 0.471 e. The molecule has 3 saturated heterocycles. The quantitative estimate of drug-likeness (QED) is 0.437. The van der Waals surface area contributed by atoms with Crippen molar-refractivity contribution in [3.05, 3.63) is 0 Å². The number of hydrogen-bond acceptors (Lipinski definition) is 5. The Bertz CT molecular complexity index is 1010. The molecule has 1 saturated carbocycles. The number of nitriles is 1. The topological polar surface area (TPSA) is 131 Å². The molecule has 212 valence electrons. The first-order chi connectivity index (χ1) is 17.5. The van der Waals surface area contributed by atoms with Crippen LogP contribution in [0.3, 0.4) is 0 Å². The molecule has 14 heteroatoms. The van der Waals surface area contributed by atoms with Crippen LogP contribution in [0.15, 0.2) is 0 Å². The number of nitrogens with one attached hydrogen (secondary N) is 3. The summed E-state index contributed by atoms with van der Waals surface area (Å²) in [5.74, 6) is -10.3. The number of halogens is 5. The average molecular weight is 550 g/mol. The van der Waals surface area contributed by atoms with Crippen LogP contribution in [-0.2, 0) is 19.2 Å². The highest BCUT2D eigenvalue weighted by Crippen LogP contribution is 2.49. The Morgan fingerprint density at radius 3 is 2.34 bits per heavy atom. The van der Waals surface area contributed by atoms with Crippen LogP contribution in [0.1, 0.15) is 59.3 Å². The number of fused-ring (bicyclic) bond motifs is 3. The summed E-state index contributed by atoms with van der Waals surface area (Å²) in [5, 5.41) is 16.3. The van der Waals surface area contributed by atoms with Crippen LogP contribution >= 0.6 is 0 Å². The Morgan fingerprint density at radius 2 is 1.82 bits per heavy atom. The zero-order valence-electron chi connectivity index (χ0n) is 21.3. The molecule has 0 aromatic heterocycles. The Labute approximate surface area is 216 Å². The van der Waals surface area contributed by atoms with Gasteiger partial charge in [0.25, 0.3) is 5.92 Å². The van der Waals surface area contributed by atoms with Gasteiger partial charge in [0.15, 0.2) is 0 Å². The van der Waals surface area contributed by atoms with E-state index in [4.69, 9.17) is 0 Å². The summed E-state index contributed by atoms with van der Waals surface area (Å²) in [6.07, 6.45) is -5.00. The summed E-state index contributed by atoms with van der Waals surface area (Å²) in [7, 11) is 0. The van der Waals surface area contributed by atoms with E-state index in [1.807, 2.05) is 6.07 Å². The van der Waals surface area contributed by atoms with Gasteiger partial charge in [0.05, 0.1) is 12.0 Å². The van der Waals surface area contributed by atoms with Crippen molar-refractivity contribution in [1.82, 2.24) is 20.9 Å². The second kappa shape index (κ2) is 10.6. The Morgan fingerprint density at radius 1 is 1.16 bits per heavy atom. The number of carbonyl (C=O) groups excluding carboxylic acids is 4. The van der Waals surface area contributed by atoms with Gasteiger partial charge in [-0.2, -0.15) is 18.4 Å². The molecule has 0 aromatic carbocycles. The second-order valence-electron chi connectivity index (χ2n) is 11.3. The lowest BCUT2D eigenvalue weighted by Gasteiger charge is -2.55. The van der Waals surface area contributed by atoms with E-state index >= 15 is 0 Å². The van der Waals surface area contributed by atoms with Crippen molar-refractivity contribution in [2.45, 2.75) is 95.6 Å². The number of rotatable bonds is 6. The molecular formula is C24H32F5N5O4. The van der Waals surface area contributed by atoms with E-state index in [9.17, 15) is 46.4 Å². The molecule has 3 heterocycles. The van der Waals surface area contributed by atoms with Crippen molar-refractivity contribution in [1.29, 1.82) is 5.26 Å². The van der Waals surface area contributed by atoms with Crippen molar-refractivity contribution in [2.75, 3.05) is 6.54 Å². The van der Waals surface area contributed by atoms with E-state index in [1.165, 1.54) is 20.8 Å². The average Bonchev–Trinajstić information content (AvgIpc) is 2.80. The number of nitrogens with zero attached hydrogens (tertiary/aromatic N) is 2. The van der Waals surface area contributed by atoms with E-state index < -0.39 is 77.7 Å². The molecule has 0 aromatic rings. The number of piperidine rings is 3. The SMILES string of the molecule is CC(C)(C)[C@@H](NC(=O)C(F)(F)F)C(=O)N1[C@@H]2CC[C@H]([C@@H]1C(=O)N[C@H](C#N)C[C@H]1CCCNC1=O)C(F)(F)C2. The van der Waals surface area contributed by atoms with Crippen LogP contribution in [0.4, 0.5) is 22.0 Å². The van der Waals surface area contributed by atoms with E-state index in [2.05, 4.69) is 10.6 Å². The van der Waals surface area contributed by atoms with Crippen LogP contribution in [0.5, 0.6) is 0 Å². The third kappa shape index (κ3) is 6.18. The number of carbonyl (C=O) groups is 4. The lowest BCUT2D eigenvalue weighted by atomic mass is 9.70. The summed E-state index contributed by atoms with van der Waals surface area (Å²) in [6.45, 7) is 4.69. The minimum Gasteiger partial charge on any atom is -0.356 e. The predicted molar refractivity (Wildman–Crippen MR) is 122 cm³/mol. The molecule has 3 aliphatic heterocycles. The van der Waals surface area contributed by atoms with Crippen LogP contribution in [0.2, 0.25) is 0 Å². The summed E-state index contributed by atoms with van der Waals surface area (Å²) in [4.78, 5) is 51.7. The molecule has 6 atom stereocenters. The van der Waals surface area contributed by atoms with Gasteiger partial charge in [-0.15, -0.1) is 0 Å². The van der Waals surface area contributed by atoms with Gasteiger partial charge in [-0.3, -0.25) is 19.2 Å². The third-order valence-corrected chi connectivity index (χ3v) is 7.50. The normalized spacial score (nSPS) is 28.5. The first-order valence-corrected chi connectivity index (χ1v) is 12.5. The largest absolute Gasteiger partial charge is 0.471 e. The molecule has 4 fully saturated rings. The van der Waals surface area contributed by atoms with Crippen molar-refractivity contribution < 1.29 is 41.1 Å². The fourth-order valence-electron chi connectivity index (χ4n) is 5.58. The lowest BCUT2D eigenvalue weighted by Crippen LogP contribution is -2.71. The molecule has 1 aliphatic carbocycles. The molecule has 4 amide bonds. The summed E-state index contributed by atoms with van der Waals surface area (Å²) in [5.41, 5.74) is -1.26. The second-order valence-corrected chi connectivity index (χ2v) is 11.3. The fourth-order valence-corrected chi connectivity index (χ4v) is 5.58. The van der Waals surface area contributed by atoms with Crippen molar-refractivity contribution in [2.24, 2.45) is 17.3 Å². The van der Waals surface area contributed by atoms with Gasteiger partial charge >= 0.3 is 12.1 Å². The van der Waals surface area contributed by atoms with E-state index in [1.54, 1.807) is 5.32 Å². The minimum atomic E-state index is -5.29. The maximum atomic E-state index is 14.9. The highest BCUT2D eigenvalue weighted by molar-refractivity contribution is 5.94. The number of hydrogen-bond donors (Lipinski definition) is 3. The van der Waals surface area contributed by atoms with Crippen molar-refractivity contribution in [3.63, 3.8) is 0 Å². The van der Waals surface area contributed by atoms with Crippen LogP contribution in [-0.4, -0.2) is 71.3 Å². The highest BCUT2D eigenvalue weighted by atomic mass is 19.4. The first kappa shape index (κ1) is 29.6. The highest BCUT2D eigenvalue weighted by Gasteiger charge is 2.61. The lowest BCUT2D eigenvalue weighted by molar-refractivity contribution is -0.197. The van der Waals surface area contributed by atoms with Crippen LogP contribution < -0.4 is 16.0 Å². The van der Waals surface area contributed by atoms with Gasteiger partial charge in [0, 0.05) is 24.9 Å². The molecule has 9 nitrogen and oxygen atoms in total. The summed E-state index contributed by atoms with van der Waals surface area (Å²) >= 11 is 0. The summed E-state index contributed by atoms with van der Waals surface area (Å²) in [6, 6.07) is -4.06. The zero-order chi connectivity index (χ0) is 28.6. The van der Waals surface area contributed by atoms with Crippen LogP contribution in [0.25, 0.3) is 0 Å². The van der Waals surface area contributed by atoms with Gasteiger partial charge < -0.3 is 20.9 Å². The third-order valence-electron chi connectivity index (χ3n) is 7.50. The maximum absolute atomic E-state index is 14.9. The van der Waals surface area contributed by atoms with Crippen LogP contribution in [0, 0.1) is 28.6 Å². The molecule has 0 spiro atoms. The van der Waals surface area contributed by atoms with E-state index in [-0.39, 0.29) is 25.2 Å². The smallest absolute Gasteiger partial charge is 0.356 e. The first-order valence-electron chi connectivity index (χ1n) is 12.5. The standard InChI is InChI=1S/C24H32F5N5O4/c1-22(2,3)17(33-21(38)24(27,28)29)20(37)34-14-6-7-15(23(25,26)10-14)16(34)19(36)32-13(11-30)9-12-5-4-8-31-18(12)35/h12-17H,4-10H2,1-3H3,(H,31,35)(H,32,36)(H,33,38)/t12-,13+,14-,15-,16-,17+/m1/s1. The molecule has 3 N–H and O–H groups in total. The molecule has 2 bridgehead atoms. The molecule has 4 rings (SSSR count). The van der Waals surface area contributed by atoms with E-state index in [0.717, 1.165) is 4.90 Å². The minimum absolute atomic E-state index is 0.0640. The number of alkyl halides is 5. The van der Waals surface area contributed by atoms with Gasteiger partial charge in [-0.1, -0.05) is 20.8 Å². The van der Waals surface area contributed by atoms with Gasteiger partial charge in [-0.25, -0.2) is 8.78 Å². The zero-order valence-corrected chi connectivity index (χ0v) is 21.3. The monoisotopic (exact) mass is 549 g/mol. The Balaban J connectivity index is 1.90. The van der Waals surface area contributed by atoms with Gasteiger partial charge in [0.1, 0.15) is 18.1 Å². The van der Waals surface area contributed by atoms with Crippen molar-refractivity contribution >= 4 is 23.6 Å². The molecule has 0 unspecified atom stereocenters. The summed E-state index contributed by atoms with van der Waals surface area (Å²) < 4.78 is 68.9. The fraction of sp³-hybridized carbons (Fsp3) is 0.792. The molecular weight excluding hydrogens is 517 g/mol. The molecule has 4 aliphatic rings. The molecule has 38 heavy (non-hydrogen) atoms. The van der Waals surface area contributed by atoms with Gasteiger partial charge in [-0.05, 0) is 37.5 Å². The van der Waals surface area contributed by atoms with Gasteiger partial charge in [0.2, 0.25) is 17.7 Å². The molecule has 0 radical (unpaired) electrons. The van der Waals surface area contributed by atoms with E-state index in [0.29, 0.717) is 19.4 Å². The number of amides is 4. The van der Waals surface area contributed by atoms with Crippen molar-refractivity contribution in [3.8, 4) is 6.07 Å². The Kier molecular flexibility index (Phi) is 8.29. The Hall–Kier alpha value is -2.98. The predicted octanol–water partition coefficient (Wildman–Crippen LogP) is 2.02.